The van der Waals surface area contributed by atoms with E-state index < -0.39 is 0 Å². The van der Waals surface area contributed by atoms with Crippen LogP contribution in [0.1, 0.15) is 29.7 Å². The van der Waals surface area contributed by atoms with E-state index in [1.165, 1.54) is 16.7 Å². The standard InChI is InChI=1S/C18H20BrNO/c1-12-3-8-18-15(9-12)10-17(21-18)11-20-13(2)14-4-6-16(19)7-5-14/h3-9,13,17,20H,10-11H2,1-2H3/t13-,17?/m0/s1. The van der Waals surface area contributed by atoms with Crippen LogP contribution in [0.15, 0.2) is 46.9 Å². The summed E-state index contributed by atoms with van der Waals surface area (Å²) >= 11 is 3.47. The van der Waals surface area contributed by atoms with Gasteiger partial charge < -0.3 is 10.1 Å². The Morgan fingerprint density at radius 3 is 2.76 bits per heavy atom. The van der Waals surface area contributed by atoms with Crippen molar-refractivity contribution >= 4 is 15.9 Å². The molecule has 3 rings (SSSR count). The van der Waals surface area contributed by atoms with Gasteiger partial charge >= 0.3 is 0 Å². The second-order valence-electron chi connectivity index (χ2n) is 5.74. The van der Waals surface area contributed by atoms with Crippen molar-refractivity contribution < 1.29 is 4.74 Å². The first-order valence-corrected chi connectivity index (χ1v) is 8.16. The minimum Gasteiger partial charge on any atom is -0.488 e. The number of ether oxygens (including phenoxy) is 1. The van der Waals surface area contributed by atoms with E-state index in [0.717, 1.165) is 23.2 Å². The lowest BCUT2D eigenvalue weighted by molar-refractivity contribution is 0.222. The molecule has 0 spiro atoms. The third-order valence-corrected chi connectivity index (χ3v) is 4.51. The van der Waals surface area contributed by atoms with Gasteiger partial charge in [-0.3, -0.25) is 0 Å². The molecule has 110 valence electrons. The van der Waals surface area contributed by atoms with Gasteiger partial charge in [-0.1, -0.05) is 45.8 Å². The summed E-state index contributed by atoms with van der Waals surface area (Å²) in [6, 6.07) is 15.2. The summed E-state index contributed by atoms with van der Waals surface area (Å²) in [5.41, 5.74) is 3.93. The van der Waals surface area contributed by atoms with Crippen LogP contribution in [-0.2, 0) is 6.42 Å². The predicted molar refractivity (Wildman–Crippen MR) is 89.9 cm³/mol. The second kappa shape index (κ2) is 6.20. The maximum atomic E-state index is 6.00. The zero-order chi connectivity index (χ0) is 14.8. The van der Waals surface area contributed by atoms with Gasteiger partial charge in [-0.05, 0) is 43.2 Å². The molecule has 0 aliphatic carbocycles. The Bertz CT molecular complexity index is 624. The maximum Gasteiger partial charge on any atom is 0.123 e. The highest BCUT2D eigenvalue weighted by atomic mass is 79.9. The van der Waals surface area contributed by atoms with E-state index in [2.05, 4.69) is 77.6 Å². The maximum absolute atomic E-state index is 6.00. The quantitative estimate of drug-likeness (QED) is 0.885. The molecule has 3 heteroatoms. The Morgan fingerprint density at radius 1 is 1.24 bits per heavy atom. The largest absolute Gasteiger partial charge is 0.488 e. The van der Waals surface area contributed by atoms with Crippen LogP contribution in [0, 0.1) is 6.92 Å². The van der Waals surface area contributed by atoms with E-state index in [1.54, 1.807) is 0 Å². The Morgan fingerprint density at radius 2 is 2.00 bits per heavy atom. The molecule has 0 aromatic heterocycles. The highest BCUT2D eigenvalue weighted by molar-refractivity contribution is 9.10. The molecule has 1 unspecified atom stereocenters. The van der Waals surface area contributed by atoms with Crippen molar-refractivity contribution in [2.45, 2.75) is 32.4 Å². The van der Waals surface area contributed by atoms with E-state index in [0.29, 0.717) is 6.04 Å². The molecule has 0 radical (unpaired) electrons. The van der Waals surface area contributed by atoms with Gasteiger partial charge in [-0.15, -0.1) is 0 Å². The van der Waals surface area contributed by atoms with Gasteiger partial charge in [-0.25, -0.2) is 0 Å². The lowest BCUT2D eigenvalue weighted by Gasteiger charge is -2.17. The van der Waals surface area contributed by atoms with E-state index in [1.807, 2.05) is 0 Å². The van der Waals surface area contributed by atoms with Crippen molar-refractivity contribution in [3.63, 3.8) is 0 Å². The Labute approximate surface area is 134 Å². The predicted octanol–water partition coefficient (Wildman–Crippen LogP) is 4.41. The zero-order valence-corrected chi connectivity index (χ0v) is 14.0. The average molecular weight is 346 g/mol. The highest BCUT2D eigenvalue weighted by Crippen LogP contribution is 2.29. The number of nitrogens with one attached hydrogen (secondary N) is 1. The van der Waals surface area contributed by atoms with Gasteiger partial charge in [0.05, 0.1) is 0 Å². The Balaban J connectivity index is 1.56. The van der Waals surface area contributed by atoms with Gasteiger partial charge in [0.1, 0.15) is 11.9 Å². The molecule has 21 heavy (non-hydrogen) atoms. The topological polar surface area (TPSA) is 21.3 Å². The number of halogens is 1. The van der Waals surface area contributed by atoms with Crippen molar-refractivity contribution in [3.8, 4) is 5.75 Å². The number of aryl methyl sites for hydroxylation is 1. The molecule has 2 atom stereocenters. The highest BCUT2D eigenvalue weighted by Gasteiger charge is 2.23. The lowest BCUT2D eigenvalue weighted by atomic mass is 10.1. The van der Waals surface area contributed by atoms with Gasteiger partial charge in [0.25, 0.3) is 0 Å². The molecular weight excluding hydrogens is 326 g/mol. The molecule has 1 aliphatic heterocycles. The Kier molecular flexibility index (Phi) is 4.32. The summed E-state index contributed by atoms with van der Waals surface area (Å²) in [5.74, 6) is 1.05. The fraction of sp³-hybridized carbons (Fsp3) is 0.333. The van der Waals surface area contributed by atoms with Crippen LogP contribution in [0.5, 0.6) is 5.75 Å². The number of rotatable bonds is 4. The molecule has 0 saturated heterocycles. The number of benzene rings is 2. The van der Waals surface area contributed by atoms with Crippen LogP contribution in [0.4, 0.5) is 0 Å². The molecular formula is C18H20BrNO. The molecule has 1 N–H and O–H groups in total. The normalized spacial score (nSPS) is 18.1. The van der Waals surface area contributed by atoms with Gasteiger partial charge in [-0.2, -0.15) is 0 Å². The monoisotopic (exact) mass is 345 g/mol. The van der Waals surface area contributed by atoms with Crippen molar-refractivity contribution in [2.75, 3.05) is 6.54 Å². The number of hydrogen-bond acceptors (Lipinski definition) is 2. The van der Waals surface area contributed by atoms with E-state index in [9.17, 15) is 0 Å². The van der Waals surface area contributed by atoms with Gasteiger partial charge in [0.2, 0.25) is 0 Å². The van der Waals surface area contributed by atoms with Crippen LogP contribution < -0.4 is 10.1 Å². The first-order chi connectivity index (χ1) is 10.1. The number of hydrogen-bond donors (Lipinski definition) is 1. The third-order valence-electron chi connectivity index (χ3n) is 3.98. The average Bonchev–Trinajstić information content (AvgIpc) is 2.87. The SMILES string of the molecule is Cc1ccc2c(c1)CC(CN[C@@H](C)c1ccc(Br)cc1)O2. The van der Waals surface area contributed by atoms with Crippen molar-refractivity contribution in [1.82, 2.24) is 5.32 Å². The Hall–Kier alpha value is -1.32. The molecule has 0 saturated carbocycles. The molecule has 1 heterocycles. The number of fused-ring (bicyclic) bond motifs is 1. The zero-order valence-electron chi connectivity index (χ0n) is 12.4. The first-order valence-electron chi connectivity index (χ1n) is 7.37. The molecule has 0 amide bonds. The molecule has 0 fully saturated rings. The van der Waals surface area contributed by atoms with Gasteiger partial charge in [0.15, 0.2) is 0 Å². The fourth-order valence-electron chi connectivity index (χ4n) is 2.74. The van der Waals surface area contributed by atoms with Crippen LogP contribution in [0.2, 0.25) is 0 Å². The summed E-state index contributed by atoms with van der Waals surface area (Å²) in [6.07, 6.45) is 1.23. The minimum atomic E-state index is 0.236. The van der Waals surface area contributed by atoms with Crippen LogP contribution >= 0.6 is 15.9 Å². The minimum absolute atomic E-state index is 0.236. The lowest BCUT2D eigenvalue weighted by Crippen LogP contribution is -2.31. The molecule has 1 aliphatic rings. The van der Waals surface area contributed by atoms with E-state index >= 15 is 0 Å². The summed E-state index contributed by atoms with van der Waals surface area (Å²) in [6.45, 7) is 5.18. The summed E-state index contributed by atoms with van der Waals surface area (Å²) in [7, 11) is 0. The molecule has 2 nitrogen and oxygen atoms in total. The summed E-state index contributed by atoms with van der Waals surface area (Å²) < 4.78 is 7.11. The van der Waals surface area contributed by atoms with Crippen molar-refractivity contribution in [2.24, 2.45) is 0 Å². The molecule has 2 aromatic carbocycles. The first kappa shape index (κ1) is 14.6. The third kappa shape index (κ3) is 3.47. The summed E-state index contributed by atoms with van der Waals surface area (Å²) in [5, 5.41) is 3.57. The van der Waals surface area contributed by atoms with Crippen molar-refractivity contribution in [3.05, 3.63) is 63.6 Å². The second-order valence-corrected chi connectivity index (χ2v) is 6.65. The van der Waals surface area contributed by atoms with Crippen LogP contribution in [0.3, 0.4) is 0 Å². The molecule has 2 aromatic rings. The van der Waals surface area contributed by atoms with Crippen LogP contribution in [0.25, 0.3) is 0 Å². The van der Waals surface area contributed by atoms with E-state index in [4.69, 9.17) is 4.74 Å². The van der Waals surface area contributed by atoms with Crippen LogP contribution in [-0.4, -0.2) is 12.6 Å². The van der Waals surface area contributed by atoms with E-state index in [-0.39, 0.29) is 6.10 Å². The molecule has 0 bridgehead atoms. The van der Waals surface area contributed by atoms with Crippen molar-refractivity contribution in [1.29, 1.82) is 0 Å². The fourth-order valence-corrected chi connectivity index (χ4v) is 3.00. The van der Waals surface area contributed by atoms with Gasteiger partial charge in [0, 0.05) is 23.5 Å². The summed E-state index contributed by atoms with van der Waals surface area (Å²) in [4.78, 5) is 0. The smallest absolute Gasteiger partial charge is 0.123 e.